The molecule has 0 atom stereocenters. The highest BCUT2D eigenvalue weighted by Gasteiger charge is 2.26. The van der Waals surface area contributed by atoms with Crippen molar-refractivity contribution in [2.75, 3.05) is 0 Å². The zero-order chi connectivity index (χ0) is 32.1. The normalized spacial score (nSPS) is 11.7. The van der Waals surface area contributed by atoms with Gasteiger partial charge in [0.2, 0.25) is 0 Å². The average molecular weight is 593 g/mol. The Morgan fingerprint density at radius 3 is 0.761 bits per heavy atom. The van der Waals surface area contributed by atoms with E-state index >= 15 is 0 Å². The van der Waals surface area contributed by atoms with E-state index in [4.69, 9.17) is 0 Å². The maximum atomic E-state index is 3.66. The lowest BCUT2D eigenvalue weighted by atomic mass is 9.97. The molecule has 0 aliphatic carbocycles. The second-order valence-electron chi connectivity index (χ2n) is 11.7. The molecule has 224 valence electrons. The van der Waals surface area contributed by atoms with Crippen LogP contribution in [-0.4, -0.2) is 0 Å². The van der Waals surface area contributed by atoms with Crippen molar-refractivity contribution in [3.63, 3.8) is 0 Å². The first-order valence-electron chi connectivity index (χ1n) is 16.8. The highest BCUT2D eigenvalue weighted by atomic mass is 14.3. The van der Waals surface area contributed by atoms with E-state index in [1.807, 2.05) is 53.7 Å². The predicted molar refractivity (Wildman–Crippen MR) is 210 cm³/mol. The minimum atomic E-state index is 1.11. The Kier molecular flexibility index (Phi) is 7.46. The summed E-state index contributed by atoms with van der Waals surface area (Å²) in [6.45, 7) is 15.6. The molecule has 10 rings (SSSR count). The quantitative estimate of drug-likeness (QED) is 0.166. The molecule has 0 aromatic heterocycles. The van der Waals surface area contributed by atoms with E-state index in [1.54, 1.807) is 0 Å². The molecule has 0 radical (unpaired) electrons. The van der Waals surface area contributed by atoms with Crippen molar-refractivity contribution < 1.29 is 0 Å². The lowest BCUT2D eigenvalue weighted by Crippen LogP contribution is -1.75. The fraction of sp³-hybridized carbons (Fsp3) is 0.130. The minimum absolute atomic E-state index is 1.11. The van der Waals surface area contributed by atoms with Crippen LogP contribution in [0.4, 0.5) is 0 Å². The Balaban J connectivity index is 0.000000304. The maximum Gasteiger partial charge on any atom is -0.000696 e. The summed E-state index contributed by atoms with van der Waals surface area (Å²) in [6.07, 6.45) is 3.95. The summed E-state index contributed by atoms with van der Waals surface area (Å²) in [4.78, 5) is 0. The fourth-order valence-corrected chi connectivity index (χ4v) is 7.92. The molecule has 0 fully saturated rings. The van der Waals surface area contributed by atoms with Gasteiger partial charge in [0.1, 0.15) is 0 Å². The lowest BCUT2D eigenvalue weighted by molar-refractivity contribution is 1.50. The van der Waals surface area contributed by atoms with Crippen molar-refractivity contribution in [2.24, 2.45) is 0 Å². The molecule has 0 saturated heterocycles. The fourth-order valence-electron chi connectivity index (χ4n) is 7.92. The van der Waals surface area contributed by atoms with Gasteiger partial charge in [0.15, 0.2) is 0 Å². The smallest absolute Gasteiger partial charge is 0.000696 e. The molecule has 0 heteroatoms. The predicted octanol–water partition coefficient (Wildman–Crippen LogP) is 14.6. The Morgan fingerprint density at radius 1 is 0.391 bits per heavy atom. The Bertz CT molecular complexity index is 2230. The summed E-state index contributed by atoms with van der Waals surface area (Å²) < 4.78 is 0. The van der Waals surface area contributed by atoms with Crippen molar-refractivity contribution in [1.82, 2.24) is 0 Å². The van der Waals surface area contributed by atoms with Crippen LogP contribution in [0.5, 0.6) is 0 Å². The van der Waals surface area contributed by atoms with Crippen LogP contribution < -0.4 is 0 Å². The van der Waals surface area contributed by atoms with E-state index in [9.17, 15) is 0 Å². The zero-order valence-electron chi connectivity index (χ0n) is 27.8. The highest BCUT2D eigenvalue weighted by molar-refractivity contribution is 6.55. The molecule has 0 N–H and O–H groups in total. The molecule has 0 aliphatic rings. The van der Waals surface area contributed by atoms with Crippen LogP contribution in [0, 0.1) is 0 Å². The SMILES string of the molecule is C=C(C)/C=C\C.CC.CC.c1cc2cccc3c2c(c1)c1c2c4cccc5cccc(c54)c2c2c4cccc5cccc(c54)c2c31. The maximum absolute atomic E-state index is 3.66. The topological polar surface area (TPSA) is 0 Å². The van der Waals surface area contributed by atoms with Gasteiger partial charge < -0.3 is 0 Å². The summed E-state index contributed by atoms with van der Waals surface area (Å²) in [7, 11) is 0. The molecular formula is C46H40. The van der Waals surface area contributed by atoms with Crippen molar-refractivity contribution >= 4 is 97.0 Å². The first-order chi connectivity index (χ1) is 22.7. The molecule has 0 nitrogen and oxygen atoms in total. The number of benzene rings is 7. The lowest BCUT2D eigenvalue weighted by Gasteiger charge is -2.04. The molecule has 0 aliphatic heterocycles. The van der Waals surface area contributed by atoms with E-state index in [1.165, 1.54) is 97.0 Å². The van der Waals surface area contributed by atoms with Gasteiger partial charge in [-0.2, -0.15) is 0 Å². The van der Waals surface area contributed by atoms with Crippen LogP contribution in [0.1, 0.15) is 41.5 Å². The number of hydrogen-bond donors (Lipinski definition) is 0. The summed E-state index contributed by atoms with van der Waals surface area (Å²) >= 11 is 0. The van der Waals surface area contributed by atoms with Crippen LogP contribution in [0.25, 0.3) is 97.0 Å². The monoisotopic (exact) mass is 592 g/mol. The van der Waals surface area contributed by atoms with Gasteiger partial charge in [0, 0.05) is 0 Å². The number of allylic oxidation sites excluding steroid dienone is 3. The molecule has 0 spiro atoms. The van der Waals surface area contributed by atoms with Gasteiger partial charge >= 0.3 is 0 Å². The van der Waals surface area contributed by atoms with Gasteiger partial charge in [-0.25, -0.2) is 0 Å². The number of rotatable bonds is 1. The third-order valence-electron chi connectivity index (χ3n) is 9.28. The van der Waals surface area contributed by atoms with Crippen molar-refractivity contribution in [2.45, 2.75) is 41.5 Å². The third-order valence-corrected chi connectivity index (χ3v) is 9.28. The first-order valence-corrected chi connectivity index (χ1v) is 16.8. The second-order valence-corrected chi connectivity index (χ2v) is 11.7. The zero-order valence-corrected chi connectivity index (χ0v) is 27.8. The van der Waals surface area contributed by atoms with E-state index in [2.05, 4.69) is 116 Å². The van der Waals surface area contributed by atoms with Gasteiger partial charge in [-0.15, -0.1) is 0 Å². The molecular weight excluding hydrogens is 553 g/mol. The van der Waals surface area contributed by atoms with Crippen LogP contribution in [0.3, 0.4) is 0 Å². The van der Waals surface area contributed by atoms with Crippen LogP contribution in [0.2, 0.25) is 0 Å². The van der Waals surface area contributed by atoms with Crippen molar-refractivity contribution in [1.29, 1.82) is 0 Å². The molecule has 46 heavy (non-hydrogen) atoms. The van der Waals surface area contributed by atoms with Gasteiger partial charge in [-0.05, 0) is 111 Å². The summed E-state index contributed by atoms with van der Waals surface area (Å²) in [5, 5.41) is 25.0. The molecule has 0 unspecified atom stereocenters. The van der Waals surface area contributed by atoms with Gasteiger partial charge in [-0.3, -0.25) is 0 Å². The van der Waals surface area contributed by atoms with Crippen molar-refractivity contribution in [3.8, 4) is 0 Å². The largest absolute Gasteiger partial charge is 0.0961 e. The van der Waals surface area contributed by atoms with E-state index in [0.29, 0.717) is 0 Å². The Labute approximate surface area is 271 Å². The molecule has 10 aromatic rings. The Hall–Kier alpha value is -5.20. The van der Waals surface area contributed by atoms with E-state index in [0.717, 1.165) is 5.57 Å². The summed E-state index contributed by atoms with van der Waals surface area (Å²) in [5.41, 5.74) is 1.11. The van der Waals surface area contributed by atoms with E-state index in [-0.39, 0.29) is 0 Å². The highest BCUT2D eigenvalue weighted by Crippen LogP contribution is 2.55. The molecule has 0 bridgehead atoms. The second kappa shape index (κ2) is 11.6. The summed E-state index contributed by atoms with van der Waals surface area (Å²) in [5.74, 6) is 0. The molecule has 0 heterocycles. The van der Waals surface area contributed by atoms with Gasteiger partial charge in [0.25, 0.3) is 0 Å². The van der Waals surface area contributed by atoms with Crippen LogP contribution in [-0.2, 0) is 0 Å². The number of fused-ring (bicyclic) bond motifs is 12. The van der Waals surface area contributed by atoms with Crippen LogP contribution in [0.15, 0.2) is 133 Å². The third kappa shape index (κ3) is 4.00. The van der Waals surface area contributed by atoms with Gasteiger partial charge in [0.05, 0.1) is 0 Å². The van der Waals surface area contributed by atoms with Crippen molar-refractivity contribution in [3.05, 3.63) is 133 Å². The summed E-state index contributed by atoms with van der Waals surface area (Å²) in [6, 6.07) is 41.0. The Morgan fingerprint density at radius 2 is 0.609 bits per heavy atom. The van der Waals surface area contributed by atoms with Crippen LogP contribution >= 0.6 is 0 Å². The average Bonchev–Trinajstić information content (AvgIpc) is 3.73. The van der Waals surface area contributed by atoms with E-state index < -0.39 is 0 Å². The molecule has 0 saturated carbocycles. The van der Waals surface area contributed by atoms with Gasteiger partial charge in [-0.1, -0.05) is 161 Å². The first kappa shape index (κ1) is 29.5. The molecule has 0 amide bonds. The molecule has 10 aromatic carbocycles. The number of hydrogen-bond acceptors (Lipinski definition) is 0. The minimum Gasteiger partial charge on any atom is -0.0961 e. The standard InChI is InChI=1S/C36H18.C6H10.2C2H6/c1-7-19-8-2-14-23-28(19)22(13-1)31-32(23)34-26-17-5-11-21-12-6-18-27(30(21)26)36(34)35-25-16-4-10-20-9-3-15-24(29(20)25)33(31)35;1-4-5-6(2)3;2*1-2/h1-18H;4-5H,2H2,1,3H3;2*1-2H3/b;5-4-;;.